The van der Waals surface area contributed by atoms with E-state index in [0.29, 0.717) is 54.6 Å². The van der Waals surface area contributed by atoms with Gasteiger partial charge in [0.1, 0.15) is 5.82 Å². The molecule has 26 heavy (non-hydrogen) atoms. The first-order chi connectivity index (χ1) is 12.5. The van der Waals surface area contributed by atoms with Crippen molar-refractivity contribution in [2.45, 2.75) is 11.8 Å². The van der Waals surface area contributed by atoms with E-state index in [1.54, 1.807) is 31.3 Å². The molecule has 1 saturated heterocycles. The molecule has 1 fully saturated rings. The molecule has 0 spiro atoms. The first-order valence-corrected chi connectivity index (χ1v) is 9.67. The van der Waals surface area contributed by atoms with E-state index in [0.717, 1.165) is 0 Å². The summed E-state index contributed by atoms with van der Waals surface area (Å²) in [5, 5.41) is 2.74. The Morgan fingerprint density at radius 3 is 2.73 bits per heavy atom. The molecule has 0 unspecified atom stereocenters. The van der Waals surface area contributed by atoms with Crippen molar-refractivity contribution in [1.82, 2.24) is 14.3 Å². The molecule has 2 aliphatic heterocycles. The van der Waals surface area contributed by atoms with Crippen LogP contribution >= 0.6 is 0 Å². The number of rotatable bonds is 3. The molecular formula is C17H18N4O4S. The Morgan fingerprint density at radius 2 is 2.04 bits per heavy atom. The third kappa shape index (κ3) is 2.83. The second-order valence-electron chi connectivity index (χ2n) is 6.13. The van der Waals surface area contributed by atoms with Crippen LogP contribution in [-0.2, 0) is 19.6 Å². The van der Waals surface area contributed by atoms with E-state index in [-0.39, 0.29) is 10.8 Å². The lowest BCUT2D eigenvalue weighted by Crippen LogP contribution is -2.40. The number of nitrogens with one attached hydrogen (secondary N) is 2. The van der Waals surface area contributed by atoms with Gasteiger partial charge in [-0.1, -0.05) is 6.07 Å². The molecular weight excluding hydrogens is 356 g/mol. The Hall–Kier alpha value is -2.49. The number of carbonyl (C=O) groups is 1. The van der Waals surface area contributed by atoms with Crippen molar-refractivity contribution in [3.63, 3.8) is 0 Å². The molecule has 2 N–H and O–H groups in total. The van der Waals surface area contributed by atoms with Gasteiger partial charge in [0.15, 0.2) is 0 Å². The Balaban J connectivity index is 1.84. The minimum absolute atomic E-state index is 0.123. The summed E-state index contributed by atoms with van der Waals surface area (Å²) in [6.07, 6.45) is 3.23. The second kappa shape index (κ2) is 6.35. The molecule has 1 aromatic heterocycles. The minimum Gasteiger partial charge on any atom is -0.379 e. The number of hydrogen-bond acceptors (Lipinski definition) is 5. The summed E-state index contributed by atoms with van der Waals surface area (Å²) in [7, 11) is -3.74. The minimum atomic E-state index is -3.74. The maximum atomic E-state index is 13.1. The van der Waals surface area contributed by atoms with Crippen LogP contribution < -0.4 is 5.32 Å². The topological polar surface area (TPSA) is 104 Å². The van der Waals surface area contributed by atoms with Crippen molar-refractivity contribution in [3.05, 3.63) is 41.5 Å². The number of carbonyl (C=O) groups excluding carboxylic acids is 1. The number of morpholine rings is 1. The second-order valence-corrected chi connectivity index (χ2v) is 8.04. The number of amides is 1. The molecule has 0 aliphatic carbocycles. The molecule has 0 atom stereocenters. The van der Waals surface area contributed by atoms with E-state index in [9.17, 15) is 13.2 Å². The number of aromatic nitrogens is 2. The van der Waals surface area contributed by atoms with Gasteiger partial charge in [-0.15, -0.1) is 0 Å². The molecule has 8 nitrogen and oxygen atoms in total. The number of sulfonamides is 1. The Kier molecular flexibility index (Phi) is 4.14. The van der Waals surface area contributed by atoms with Crippen molar-refractivity contribution < 1.29 is 17.9 Å². The molecule has 136 valence electrons. The maximum absolute atomic E-state index is 13.1. The molecule has 4 rings (SSSR count). The third-order valence-corrected chi connectivity index (χ3v) is 6.34. The number of anilines is 1. The van der Waals surface area contributed by atoms with Crippen LogP contribution in [0.5, 0.6) is 0 Å². The molecule has 0 saturated carbocycles. The molecule has 0 radical (unpaired) electrons. The molecule has 1 aromatic carbocycles. The van der Waals surface area contributed by atoms with Gasteiger partial charge in [-0.2, -0.15) is 4.31 Å². The fourth-order valence-electron chi connectivity index (χ4n) is 3.16. The zero-order chi connectivity index (χ0) is 18.3. The van der Waals surface area contributed by atoms with Crippen LogP contribution in [0.3, 0.4) is 0 Å². The summed E-state index contributed by atoms with van der Waals surface area (Å²) >= 11 is 0. The van der Waals surface area contributed by atoms with E-state index in [2.05, 4.69) is 15.3 Å². The molecule has 2 aliphatic rings. The largest absolute Gasteiger partial charge is 0.379 e. The highest BCUT2D eigenvalue weighted by atomic mass is 32.2. The number of hydrogen-bond donors (Lipinski definition) is 2. The van der Waals surface area contributed by atoms with Crippen molar-refractivity contribution >= 4 is 33.3 Å². The standard InChI is InChI=1S/C17H18N4O4S/c1-11-18-10-12(19-11)9-13-16-14(20-17(13)22)3-2-4-15(16)26(23,24)21-5-7-25-8-6-21/h2-4,9-10H,5-8H2,1H3,(H,18,19)(H,20,22)/b13-9-. The highest BCUT2D eigenvalue weighted by Crippen LogP contribution is 2.38. The first kappa shape index (κ1) is 17.0. The molecule has 1 amide bonds. The number of fused-ring (bicyclic) bond motifs is 1. The average Bonchev–Trinajstić information content (AvgIpc) is 3.19. The lowest BCUT2D eigenvalue weighted by atomic mass is 10.1. The van der Waals surface area contributed by atoms with Crippen LogP contribution in [0.15, 0.2) is 29.3 Å². The van der Waals surface area contributed by atoms with Gasteiger partial charge in [0.25, 0.3) is 5.91 Å². The van der Waals surface area contributed by atoms with Crippen molar-refractivity contribution in [3.8, 4) is 0 Å². The highest BCUT2D eigenvalue weighted by molar-refractivity contribution is 7.89. The van der Waals surface area contributed by atoms with Crippen LogP contribution in [0, 0.1) is 6.92 Å². The van der Waals surface area contributed by atoms with Gasteiger partial charge in [-0.05, 0) is 25.1 Å². The van der Waals surface area contributed by atoms with Gasteiger partial charge < -0.3 is 15.0 Å². The molecule has 3 heterocycles. The van der Waals surface area contributed by atoms with Gasteiger partial charge in [0.2, 0.25) is 10.0 Å². The summed E-state index contributed by atoms with van der Waals surface area (Å²) in [5.41, 5.74) is 1.83. The fraction of sp³-hybridized carbons (Fsp3) is 0.294. The molecule has 0 bridgehead atoms. The van der Waals surface area contributed by atoms with Crippen LogP contribution in [0.4, 0.5) is 5.69 Å². The average molecular weight is 374 g/mol. The predicted octanol–water partition coefficient (Wildman–Crippen LogP) is 1.23. The zero-order valence-corrected chi connectivity index (χ0v) is 15.0. The van der Waals surface area contributed by atoms with Crippen LogP contribution in [-0.4, -0.2) is 54.9 Å². The van der Waals surface area contributed by atoms with E-state index >= 15 is 0 Å². The summed E-state index contributed by atoms with van der Waals surface area (Å²) < 4.78 is 32.9. The number of ether oxygens (including phenoxy) is 1. The third-order valence-electron chi connectivity index (χ3n) is 4.40. The van der Waals surface area contributed by atoms with Crippen LogP contribution in [0.25, 0.3) is 11.6 Å². The van der Waals surface area contributed by atoms with Gasteiger partial charge in [0, 0.05) is 18.7 Å². The number of H-pyrrole nitrogens is 1. The summed E-state index contributed by atoms with van der Waals surface area (Å²) in [4.78, 5) is 19.7. The summed E-state index contributed by atoms with van der Waals surface area (Å²) in [6.45, 7) is 3.13. The smallest absolute Gasteiger partial charge is 0.256 e. The first-order valence-electron chi connectivity index (χ1n) is 8.23. The number of benzene rings is 1. The van der Waals surface area contributed by atoms with E-state index in [1.165, 1.54) is 10.4 Å². The van der Waals surface area contributed by atoms with Crippen LogP contribution in [0.2, 0.25) is 0 Å². The highest BCUT2D eigenvalue weighted by Gasteiger charge is 2.35. The Labute approximate surface area is 150 Å². The van der Waals surface area contributed by atoms with Crippen LogP contribution in [0.1, 0.15) is 17.1 Å². The molecule has 9 heteroatoms. The SMILES string of the molecule is Cc1ncc(/C=C2\C(=O)Nc3cccc(S(=O)(=O)N4CCOCC4)c32)[nH]1. The quantitative estimate of drug-likeness (QED) is 0.787. The summed E-state index contributed by atoms with van der Waals surface area (Å²) in [5.74, 6) is 0.376. The van der Waals surface area contributed by atoms with E-state index < -0.39 is 10.0 Å². The Morgan fingerprint density at radius 1 is 1.27 bits per heavy atom. The molecule has 2 aromatic rings. The fourth-order valence-corrected chi connectivity index (χ4v) is 4.80. The number of imidazole rings is 1. The lowest BCUT2D eigenvalue weighted by Gasteiger charge is -2.26. The maximum Gasteiger partial charge on any atom is 0.256 e. The predicted molar refractivity (Wildman–Crippen MR) is 95.8 cm³/mol. The number of aryl methyl sites for hydroxylation is 1. The van der Waals surface area contributed by atoms with Gasteiger partial charge in [-0.25, -0.2) is 13.4 Å². The van der Waals surface area contributed by atoms with E-state index in [4.69, 9.17) is 4.74 Å². The number of aromatic amines is 1. The van der Waals surface area contributed by atoms with Crippen molar-refractivity contribution in [1.29, 1.82) is 0 Å². The summed E-state index contributed by atoms with van der Waals surface area (Å²) in [6, 6.07) is 4.87. The van der Waals surface area contributed by atoms with Gasteiger partial charge in [-0.3, -0.25) is 4.79 Å². The monoisotopic (exact) mass is 374 g/mol. The van der Waals surface area contributed by atoms with E-state index in [1.807, 2.05) is 0 Å². The van der Waals surface area contributed by atoms with Crippen molar-refractivity contribution in [2.75, 3.05) is 31.6 Å². The normalized spacial score (nSPS) is 19.6. The van der Waals surface area contributed by atoms with Gasteiger partial charge >= 0.3 is 0 Å². The number of nitrogens with zero attached hydrogens (tertiary/aromatic N) is 2. The van der Waals surface area contributed by atoms with Crippen molar-refractivity contribution in [2.24, 2.45) is 0 Å². The zero-order valence-electron chi connectivity index (χ0n) is 14.2. The van der Waals surface area contributed by atoms with Gasteiger partial charge in [0.05, 0.1) is 41.3 Å². The Bertz CT molecular complexity index is 1000. The lowest BCUT2D eigenvalue weighted by molar-refractivity contribution is -0.110.